The number of nitrogens with zero attached hydrogens (tertiary/aromatic N) is 2. The van der Waals surface area contributed by atoms with Crippen LogP contribution in [0, 0.1) is 0 Å². The minimum absolute atomic E-state index is 0.253. The van der Waals surface area contributed by atoms with Crippen molar-refractivity contribution in [1.29, 1.82) is 0 Å². The summed E-state index contributed by atoms with van der Waals surface area (Å²) in [6, 6.07) is 23.3. The Bertz CT molecular complexity index is 1270. The largest absolute Gasteiger partial charge is 0.397 e. The number of carbonyl (C=O) groups excluding carboxylic acids is 1. The Labute approximate surface area is 203 Å². The van der Waals surface area contributed by atoms with Gasteiger partial charge in [0.25, 0.3) is 5.91 Å². The van der Waals surface area contributed by atoms with E-state index < -0.39 is 7.49 Å². The second-order valence-electron chi connectivity index (χ2n) is 8.33. The van der Waals surface area contributed by atoms with Crippen LogP contribution in [-0.2, 0) is 0 Å². The molecular formula is C26H26N4O2PS. The van der Waals surface area contributed by atoms with Gasteiger partial charge in [0.1, 0.15) is 5.82 Å². The van der Waals surface area contributed by atoms with E-state index in [2.05, 4.69) is 15.2 Å². The summed E-state index contributed by atoms with van der Waals surface area (Å²) in [4.78, 5) is 31.8. The van der Waals surface area contributed by atoms with Crippen molar-refractivity contribution >= 4 is 47.2 Å². The zero-order valence-corrected chi connectivity index (χ0v) is 20.3. The van der Waals surface area contributed by atoms with E-state index >= 15 is 0 Å². The maximum Gasteiger partial charge on any atom is 0.257 e. The lowest BCUT2D eigenvalue weighted by Gasteiger charge is -2.40. The first-order chi connectivity index (χ1) is 16.5. The third kappa shape index (κ3) is 4.68. The molecule has 1 fully saturated rings. The fourth-order valence-corrected chi connectivity index (χ4v) is 7.49. The first kappa shape index (κ1) is 22.5. The van der Waals surface area contributed by atoms with E-state index in [0.717, 1.165) is 47.0 Å². The van der Waals surface area contributed by atoms with Crippen LogP contribution < -0.4 is 21.3 Å². The van der Waals surface area contributed by atoms with Crippen molar-refractivity contribution in [2.24, 2.45) is 0 Å². The van der Waals surface area contributed by atoms with Crippen LogP contribution in [0.4, 0.5) is 17.2 Å². The topological polar surface area (TPSA) is 91.5 Å². The predicted molar refractivity (Wildman–Crippen MR) is 144 cm³/mol. The van der Waals surface area contributed by atoms with Gasteiger partial charge in [-0.05, 0) is 46.6 Å². The van der Waals surface area contributed by atoms with Gasteiger partial charge in [-0.25, -0.2) is 4.98 Å². The minimum Gasteiger partial charge on any atom is -0.397 e. The van der Waals surface area contributed by atoms with Crippen LogP contribution in [0.2, 0.25) is 0 Å². The van der Waals surface area contributed by atoms with Crippen molar-refractivity contribution in [3.05, 3.63) is 89.9 Å². The molecule has 8 heteroatoms. The second-order valence-corrected chi connectivity index (χ2v) is 12.5. The number of thiophene rings is 1. The Morgan fingerprint density at radius 1 is 1.03 bits per heavy atom. The van der Waals surface area contributed by atoms with E-state index in [1.807, 2.05) is 72.1 Å². The van der Waals surface area contributed by atoms with E-state index in [9.17, 15) is 9.69 Å². The highest BCUT2D eigenvalue weighted by Gasteiger charge is 2.32. The second kappa shape index (κ2) is 9.55. The van der Waals surface area contributed by atoms with Crippen molar-refractivity contribution in [2.75, 3.05) is 41.4 Å². The summed E-state index contributed by atoms with van der Waals surface area (Å²) in [6.07, 6.45) is 3.07. The van der Waals surface area contributed by atoms with Gasteiger partial charge >= 0.3 is 0 Å². The molecule has 1 aliphatic heterocycles. The Morgan fingerprint density at radius 2 is 1.82 bits per heavy atom. The lowest BCUT2D eigenvalue weighted by atomic mass is 10.1. The number of pyridine rings is 1. The zero-order chi connectivity index (χ0) is 23.5. The van der Waals surface area contributed by atoms with Gasteiger partial charge in [0.2, 0.25) is 0 Å². The van der Waals surface area contributed by atoms with Crippen molar-refractivity contribution in [3.63, 3.8) is 0 Å². The highest BCUT2D eigenvalue weighted by atomic mass is 32.1. The standard InChI is InChI=1S/C26H26N4O2PS/c27-22-10-8-19(24-7-4-16-34-24)17-23(22)29-26(31)20-9-11-25(28-18-20)30-12-14-33(32,15-13-30)21-5-2-1-3-6-21/h1-11,16-18,32H,12-15,27H2,(H,29,31). The molecule has 1 radical (unpaired) electrons. The number of hydrogen-bond donors (Lipinski definition) is 3. The Hall–Kier alpha value is -3.25. The molecule has 4 aromatic rings. The van der Waals surface area contributed by atoms with Crippen LogP contribution >= 0.6 is 18.8 Å². The number of amides is 1. The van der Waals surface area contributed by atoms with Crippen LogP contribution in [0.1, 0.15) is 10.4 Å². The van der Waals surface area contributed by atoms with Crippen LogP contribution in [-0.4, -0.2) is 41.2 Å². The van der Waals surface area contributed by atoms with Crippen molar-refractivity contribution in [1.82, 2.24) is 4.98 Å². The summed E-state index contributed by atoms with van der Waals surface area (Å²) in [7, 11) is -2.11. The van der Waals surface area contributed by atoms with Crippen LogP contribution in [0.3, 0.4) is 0 Å². The number of nitrogen functional groups attached to an aromatic ring is 1. The van der Waals surface area contributed by atoms with E-state index in [-0.39, 0.29) is 5.91 Å². The molecule has 2 aromatic heterocycles. The summed E-state index contributed by atoms with van der Waals surface area (Å²) >= 11 is 1.64. The number of carbonyl (C=O) groups is 1. The molecule has 0 saturated carbocycles. The lowest BCUT2D eigenvalue weighted by Crippen LogP contribution is -2.39. The molecule has 173 valence electrons. The van der Waals surface area contributed by atoms with E-state index in [1.54, 1.807) is 23.6 Å². The maximum atomic E-state index is 12.8. The molecule has 3 heterocycles. The van der Waals surface area contributed by atoms with Gasteiger partial charge in [-0.15, -0.1) is 11.3 Å². The van der Waals surface area contributed by atoms with Gasteiger partial charge in [0, 0.05) is 44.0 Å². The fraction of sp³-hybridized carbons (Fsp3) is 0.154. The number of rotatable bonds is 5. The smallest absolute Gasteiger partial charge is 0.257 e. The molecule has 0 bridgehead atoms. The first-order valence-electron chi connectivity index (χ1n) is 11.1. The number of aromatic nitrogens is 1. The summed E-state index contributed by atoms with van der Waals surface area (Å²) in [5.41, 5.74) is 8.68. The average Bonchev–Trinajstić information content (AvgIpc) is 3.42. The normalized spacial score (nSPS) is 15.1. The van der Waals surface area contributed by atoms with Gasteiger partial charge in [0.15, 0.2) is 0 Å². The number of benzene rings is 2. The number of nitrogens with one attached hydrogen (secondary N) is 1. The van der Waals surface area contributed by atoms with Crippen LogP contribution in [0.5, 0.6) is 0 Å². The summed E-state index contributed by atoms with van der Waals surface area (Å²) < 4.78 is 0. The third-order valence-electron chi connectivity index (χ3n) is 6.16. The minimum atomic E-state index is -2.11. The molecule has 0 spiro atoms. The molecule has 6 nitrogen and oxygen atoms in total. The van der Waals surface area contributed by atoms with Gasteiger partial charge in [-0.2, -0.15) is 0 Å². The zero-order valence-electron chi connectivity index (χ0n) is 18.6. The molecule has 5 rings (SSSR count). The summed E-state index contributed by atoms with van der Waals surface area (Å²) in [5.74, 6) is 0.562. The Kier molecular flexibility index (Phi) is 6.33. The number of anilines is 3. The quantitative estimate of drug-likeness (QED) is 0.279. The lowest BCUT2D eigenvalue weighted by molar-refractivity contribution is 0.102. The molecule has 1 amide bonds. The van der Waals surface area contributed by atoms with Crippen molar-refractivity contribution in [3.8, 4) is 10.4 Å². The molecule has 1 aliphatic rings. The molecule has 0 unspecified atom stereocenters. The molecule has 2 aromatic carbocycles. The molecular weight excluding hydrogens is 463 g/mol. The highest BCUT2D eigenvalue weighted by Crippen LogP contribution is 2.54. The van der Waals surface area contributed by atoms with E-state index in [4.69, 9.17) is 5.73 Å². The maximum absolute atomic E-state index is 12.8. The van der Waals surface area contributed by atoms with Gasteiger partial charge in [-0.3, -0.25) is 4.79 Å². The number of nitrogens with two attached hydrogens (primary N) is 1. The SMILES string of the molecule is Nc1ccc(-c2cccs2)cc1NC(=O)c1ccc(N2CC[P](O)(c3ccccc3)CC2)nc1. The van der Waals surface area contributed by atoms with E-state index in [1.165, 1.54) is 0 Å². The first-order valence-corrected chi connectivity index (χ1v) is 14.1. The average molecular weight is 490 g/mol. The fourth-order valence-electron chi connectivity index (χ4n) is 4.15. The van der Waals surface area contributed by atoms with Crippen molar-refractivity contribution in [2.45, 2.75) is 0 Å². The Balaban J connectivity index is 1.24. The summed E-state index contributed by atoms with van der Waals surface area (Å²) in [5, 5.41) is 6.00. The van der Waals surface area contributed by atoms with Gasteiger partial charge in [0.05, 0.1) is 16.9 Å². The Morgan fingerprint density at radius 3 is 2.50 bits per heavy atom. The molecule has 4 N–H and O–H groups in total. The number of hydrogen-bond acceptors (Lipinski definition) is 6. The van der Waals surface area contributed by atoms with E-state index in [0.29, 0.717) is 16.9 Å². The van der Waals surface area contributed by atoms with Crippen LogP contribution in [0.15, 0.2) is 84.4 Å². The molecule has 0 atom stereocenters. The van der Waals surface area contributed by atoms with Crippen molar-refractivity contribution < 1.29 is 9.69 Å². The monoisotopic (exact) mass is 489 g/mol. The highest BCUT2D eigenvalue weighted by molar-refractivity contribution is 7.77. The molecule has 1 saturated heterocycles. The summed E-state index contributed by atoms with van der Waals surface area (Å²) in [6.45, 7) is 1.48. The predicted octanol–water partition coefficient (Wildman–Crippen LogP) is 4.72. The van der Waals surface area contributed by atoms with Gasteiger partial charge in [-0.1, -0.05) is 42.5 Å². The molecule has 34 heavy (non-hydrogen) atoms. The molecule has 0 aliphatic carbocycles. The third-order valence-corrected chi connectivity index (χ3v) is 10.2. The van der Waals surface area contributed by atoms with Gasteiger partial charge < -0.3 is 20.8 Å². The van der Waals surface area contributed by atoms with Crippen LogP contribution in [0.25, 0.3) is 10.4 Å².